The van der Waals surface area contributed by atoms with Gasteiger partial charge in [-0.05, 0) is 38.1 Å². The number of nitrogens with zero attached hydrogens (tertiary/aromatic N) is 3. The number of hydrogen-bond acceptors (Lipinski definition) is 5. The summed E-state index contributed by atoms with van der Waals surface area (Å²) in [5.41, 5.74) is 2.02. The van der Waals surface area contributed by atoms with Crippen molar-refractivity contribution in [3.63, 3.8) is 0 Å². The van der Waals surface area contributed by atoms with Crippen molar-refractivity contribution in [1.29, 1.82) is 0 Å². The van der Waals surface area contributed by atoms with E-state index in [1.165, 1.54) is 11.8 Å². The highest BCUT2D eigenvalue weighted by Gasteiger charge is 2.49. The second-order valence-electron chi connectivity index (χ2n) is 6.50. The molecule has 0 N–H and O–H groups in total. The van der Waals surface area contributed by atoms with Crippen LogP contribution in [0.15, 0.2) is 29.3 Å². The molecule has 2 fully saturated rings. The summed E-state index contributed by atoms with van der Waals surface area (Å²) in [4.78, 5) is 20.3. The highest BCUT2D eigenvalue weighted by atomic mass is 32.2. The molecule has 2 unspecified atom stereocenters. The average Bonchev–Trinajstić information content (AvgIpc) is 3.07. The summed E-state index contributed by atoms with van der Waals surface area (Å²) in [6.07, 6.45) is 0.340. The molecule has 2 saturated heterocycles. The van der Waals surface area contributed by atoms with Crippen molar-refractivity contribution in [3.8, 4) is 0 Å². The quantitative estimate of drug-likeness (QED) is 0.763. The zero-order chi connectivity index (χ0) is 18.9. The Bertz CT molecular complexity index is 801. The van der Waals surface area contributed by atoms with Crippen LogP contribution in [0, 0.1) is 0 Å². The van der Waals surface area contributed by atoms with E-state index in [4.69, 9.17) is 0 Å². The van der Waals surface area contributed by atoms with Crippen molar-refractivity contribution in [2.24, 2.45) is 4.99 Å². The molecule has 2 aliphatic rings. The lowest BCUT2D eigenvalue weighted by Gasteiger charge is -2.26. The third kappa shape index (κ3) is 3.76. The van der Waals surface area contributed by atoms with Crippen molar-refractivity contribution in [2.75, 3.05) is 34.4 Å². The number of anilines is 2. The Kier molecular flexibility index (Phi) is 5.62. The van der Waals surface area contributed by atoms with E-state index in [0.29, 0.717) is 11.6 Å². The van der Waals surface area contributed by atoms with E-state index >= 15 is 0 Å². The first-order valence-electron chi connectivity index (χ1n) is 9.01. The number of carbonyl (C=O) groups is 1. The van der Waals surface area contributed by atoms with Crippen LogP contribution in [0.4, 0.5) is 11.4 Å². The van der Waals surface area contributed by atoms with E-state index < -0.39 is 9.84 Å². The summed E-state index contributed by atoms with van der Waals surface area (Å²) in [5, 5.41) is 0.559. The van der Waals surface area contributed by atoms with Crippen molar-refractivity contribution < 1.29 is 13.2 Å². The van der Waals surface area contributed by atoms with Gasteiger partial charge in [0.25, 0.3) is 0 Å². The van der Waals surface area contributed by atoms with E-state index in [0.717, 1.165) is 24.5 Å². The maximum Gasteiger partial charge on any atom is 0.247 e. The fourth-order valence-electron chi connectivity index (χ4n) is 3.46. The number of aliphatic imine (C=N–C) groups is 1. The van der Waals surface area contributed by atoms with Crippen molar-refractivity contribution in [3.05, 3.63) is 24.3 Å². The van der Waals surface area contributed by atoms with E-state index in [1.54, 1.807) is 6.92 Å². The zero-order valence-corrected chi connectivity index (χ0v) is 17.0. The van der Waals surface area contributed by atoms with Crippen molar-refractivity contribution in [2.45, 2.75) is 38.5 Å². The number of amides is 1. The highest BCUT2D eigenvalue weighted by molar-refractivity contribution is 8.16. The fraction of sp³-hybridized carbons (Fsp3) is 0.556. The number of benzene rings is 1. The molecule has 0 aliphatic carbocycles. The maximum absolute atomic E-state index is 12.1. The molecule has 6 nitrogen and oxygen atoms in total. The van der Waals surface area contributed by atoms with Crippen LogP contribution < -0.4 is 9.80 Å². The number of sulfone groups is 1. The van der Waals surface area contributed by atoms with Gasteiger partial charge in [-0.25, -0.2) is 8.42 Å². The van der Waals surface area contributed by atoms with E-state index in [2.05, 4.69) is 23.7 Å². The van der Waals surface area contributed by atoms with Crippen molar-refractivity contribution >= 4 is 44.0 Å². The molecule has 0 spiro atoms. The first-order valence-corrected chi connectivity index (χ1v) is 11.7. The van der Waals surface area contributed by atoms with Gasteiger partial charge in [0, 0.05) is 36.1 Å². The molecular formula is C18H25N3O3S2. The normalized spacial score (nSPS) is 25.5. The lowest BCUT2D eigenvalue weighted by atomic mass is 10.2. The first kappa shape index (κ1) is 19.2. The van der Waals surface area contributed by atoms with Crippen LogP contribution in [-0.4, -0.2) is 55.4 Å². The summed E-state index contributed by atoms with van der Waals surface area (Å²) in [6, 6.07) is 7.92. The summed E-state index contributed by atoms with van der Waals surface area (Å²) in [5.74, 6) is 0.0809. The lowest BCUT2D eigenvalue weighted by Crippen LogP contribution is -2.37. The molecule has 0 aromatic heterocycles. The molecule has 0 radical (unpaired) electrons. The Morgan fingerprint density at radius 2 is 1.85 bits per heavy atom. The Labute approximate surface area is 159 Å². The number of thioether (sulfide) groups is 1. The zero-order valence-electron chi connectivity index (χ0n) is 15.4. The predicted octanol–water partition coefficient (Wildman–Crippen LogP) is 2.54. The maximum atomic E-state index is 12.1. The molecule has 8 heteroatoms. The van der Waals surface area contributed by atoms with Crippen LogP contribution in [0.25, 0.3) is 0 Å². The second-order valence-corrected chi connectivity index (χ2v) is 9.86. The van der Waals surface area contributed by atoms with Gasteiger partial charge in [0.2, 0.25) is 5.91 Å². The number of carbonyl (C=O) groups excluding carboxylic acids is 1. The van der Waals surface area contributed by atoms with Gasteiger partial charge in [0.05, 0.1) is 17.5 Å². The topological polar surface area (TPSA) is 70.0 Å². The van der Waals surface area contributed by atoms with E-state index in [9.17, 15) is 13.2 Å². The van der Waals surface area contributed by atoms with Crippen LogP contribution in [0.2, 0.25) is 0 Å². The van der Waals surface area contributed by atoms with E-state index in [-0.39, 0.29) is 28.7 Å². The summed E-state index contributed by atoms with van der Waals surface area (Å²) in [6.45, 7) is 7.86. The molecule has 0 bridgehead atoms. The molecule has 1 aromatic rings. The summed E-state index contributed by atoms with van der Waals surface area (Å²) >= 11 is 1.42. The molecule has 3 rings (SSSR count). The van der Waals surface area contributed by atoms with Crippen LogP contribution >= 0.6 is 11.8 Å². The van der Waals surface area contributed by atoms with Gasteiger partial charge >= 0.3 is 0 Å². The Balaban J connectivity index is 1.95. The Hall–Kier alpha value is -1.54. The van der Waals surface area contributed by atoms with Gasteiger partial charge in [-0.15, -0.1) is 0 Å². The smallest absolute Gasteiger partial charge is 0.247 e. The third-order valence-corrected chi connectivity index (χ3v) is 8.06. The monoisotopic (exact) mass is 395 g/mol. The molecular weight excluding hydrogens is 370 g/mol. The van der Waals surface area contributed by atoms with Gasteiger partial charge in [-0.3, -0.25) is 4.79 Å². The van der Waals surface area contributed by atoms with Gasteiger partial charge in [0.15, 0.2) is 15.0 Å². The first-order chi connectivity index (χ1) is 12.4. The molecule has 0 saturated carbocycles. The van der Waals surface area contributed by atoms with Crippen molar-refractivity contribution in [1.82, 2.24) is 0 Å². The predicted molar refractivity (Wildman–Crippen MR) is 109 cm³/mol. The Morgan fingerprint density at radius 1 is 1.19 bits per heavy atom. The minimum absolute atomic E-state index is 0.0640. The lowest BCUT2D eigenvalue weighted by molar-refractivity contribution is -0.117. The van der Waals surface area contributed by atoms with Crippen LogP contribution in [0.3, 0.4) is 0 Å². The minimum atomic E-state index is -3.04. The third-order valence-electron chi connectivity index (χ3n) is 4.85. The van der Waals surface area contributed by atoms with Gasteiger partial charge < -0.3 is 9.80 Å². The fourth-order valence-corrected chi connectivity index (χ4v) is 7.40. The summed E-state index contributed by atoms with van der Waals surface area (Å²) < 4.78 is 24.1. The highest BCUT2D eigenvalue weighted by Crippen LogP contribution is 2.41. The van der Waals surface area contributed by atoms with Crippen LogP contribution in [0.1, 0.15) is 27.2 Å². The molecule has 26 heavy (non-hydrogen) atoms. The van der Waals surface area contributed by atoms with E-state index in [1.807, 2.05) is 29.2 Å². The minimum Gasteiger partial charge on any atom is -0.372 e. The Morgan fingerprint density at radius 3 is 2.42 bits per heavy atom. The largest absolute Gasteiger partial charge is 0.372 e. The molecule has 2 heterocycles. The second kappa shape index (κ2) is 7.60. The van der Waals surface area contributed by atoms with Crippen LogP contribution in [0.5, 0.6) is 0 Å². The number of hydrogen-bond donors (Lipinski definition) is 0. The average molecular weight is 396 g/mol. The van der Waals surface area contributed by atoms with Gasteiger partial charge in [-0.1, -0.05) is 18.7 Å². The molecule has 1 aromatic carbocycles. The molecule has 2 atom stereocenters. The number of rotatable bonds is 5. The van der Waals surface area contributed by atoms with Gasteiger partial charge in [0.1, 0.15) is 0 Å². The molecule has 1 amide bonds. The summed E-state index contributed by atoms with van der Waals surface area (Å²) in [7, 11) is -3.04. The number of fused-ring (bicyclic) bond motifs is 1. The SMILES string of the molecule is CCC(=O)N=C1SC2CS(=O)(=O)CC2N1c1ccc(N(CC)CC)cc1. The standard InChI is InChI=1S/C18H25N3O3S2/c1-4-17(22)19-18-21(15-11-26(23,24)12-16(15)25-18)14-9-7-13(8-10-14)20(5-2)6-3/h7-10,15-16H,4-6,11-12H2,1-3H3. The molecule has 142 valence electrons. The van der Waals surface area contributed by atoms with Crippen LogP contribution in [-0.2, 0) is 14.6 Å². The number of amidine groups is 1. The molecule has 2 aliphatic heterocycles. The van der Waals surface area contributed by atoms with Gasteiger partial charge in [-0.2, -0.15) is 4.99 Å².